The Labute approximate surface area is 407 Å². The van der Waals surface area contributed by atoms with Gasteiger partial charge in [0.05, 0.1) is 47.0 Å². The standard InChI is InChI=1S/C49H42Cl2F4N8O7/c1-5-40(64)62-18-23-11-24(19-62)45(23)68-38-15-29-34(17-36(38)66-3)57-22-59-48(29)61-32-9-8-27(42(51)43(32)52)44-30-12-25(20-63(44)41(65)6-2)46(30)69-39-14-28-33(16-37(39)67-4)56-21-58-47(28)60-26-7-10-35(31(50)13-26)70-49(53,54)55/h5-10,13-17,21-25,30,44-46H,1-2,11-12,18-20H2,3-4H3,(H,56,58,60)(H,57,59,61)/t23-,24+,25-,30+,44?,45+,46+/m0/s1. The number of alkyl halides is 3. The van der Waals surface area contributed by atoms with Crippen molar-refractivity contribution < 1.29 is 50.8 Å². The van der Waals surface area contributed by atoms with Crippen LogP contribution in [0.3, 0.4) is 0 Å². The minimum Gasteiger partial charge on any atom is -0.493 e. The number of piperidine rings is 4. The SMILES string of the molecule is C=CC(=O)N1C[C@H]2C[C@@H](C1)[C@H]2Oc1cc2c(Nc3ccc(C4[C@H]5C[C@@H](CN4C(=O)C=C)[C@H]5Oc4cc5c(Nc6ccc(OC(F)(F)F)c(Cl)c6)ncnc5cc4OC)c(Cl)c3F)ncnc2cc1OC. The van der Waals surface area contributed by atoms with Crippen LogP contribution >= 0.6 is 23.2 Å². The van der Waals surface area contributed by atoms with Crippen molar-refractivity contribution >= 4 is 79.8 Å². The number of hydrogen-bond acceptors (Lipinski definition) is 13. The molecule has 5 heterocycles. The third kappa shape index (κ3) is 8.54. The van der Waals surface area contributed by atoms with E-state index in [1.807, 2.05) is 0 Å². The van der Waals surface area contributed by atoms with Crippen LogP contribution in [0.4, 0.5) is 40.6 Å². The number of anilines is 4. The maximum Gasteiger partial charge on any atom is 0.573 e. The van der Waals surface area contributed by atoms with E-state index in [0.29, 0.717) is 81.4 Å². The Hall–Kier alpha value is -7.12. The van der Waals surface area contributed by atoms with Gasteiger partial charge in [0.1, 0.15) is 42.2 Å². The van der Waals surface area contributed by atoms with E-state index in [0.717, 1.165) is 12.5 Å². The number of nitrogens with one attached hydrogen (secondary N) is 2. The zero-order valence-electron chi connectivity index (χ0n) is 37.3. The van der Waals surface area contributed by atoms with Gasteiger partial charge in [-0.25, -0.2) is 24.3 Å². The fraction of sp³-hybridized carbons (Fsp3) is 0.306. The zero-order valence-corrected chi connectivity index (χ0v) is 38.8. The molecule has 2 amide bonds. The topological polar surface area (TPSA) is 162 Å². The van der Waals surface area contributed by atoms with Crippen LogP contribution in [0.15, 0.2) is 92.6 Å². The van der Waals surface area contributed by atoms with Gasteiger partial charge < -0.3 is 44.1 Å². The highest BCUT2D eigenvalue weighted by Gasteiger charge is 2.56. The van der Waals surface area contributed by atoms with Crippen LogP contribution in [-0.4, -0.2) is 94.0 Å². The molecule has 21 heteroatoms. The fourth-order valence-electron chi connectivity index (χ4n) is 10.2. The average Bonchev–Trinajstić information content (AvgIpc) is 3.35. The molecule has 70 heavy (non-hydrogen) atoms. The summed E-state index contributed by atoms with van der Waals surface area (Å²) in [7, 11) is 3.01. The molecule has 2 aromatic heterocycles. The van der Waals surface area contributed by atoms with Gasteiger partial charge in [-0.15, -0.1) is 13.2 Å². The Morgan fingerprint density at radius 3 is 1.91 bits per heavy atom. The number of hydrogen-bond donors (Lipinski definition) is 2. The van der Waals surface area contributed by atoms with Gasteiger partial charge in [-0.2, -0.15) is 0 Å². The quantitative estimate of drug-likeness (QED) is 0.0784. The van der Waals surface area contributed by atoms with Gasteiger partial charge in [-0.3, -0.25) is 9.59 Å². The number of aromatic nitrogens is 4. The second kappa shape index (κ2) is 18.3. The lowest BCUT2D eigenvalue weighted by molar-refractivity contribution is -0.274. The van der Waals surface area contributed by atoms with Gasteiger partial charge in [-0.05, 0) is 67.0 Å². The van der Waals surface area contributed by atoms with Gasteiger partial charge in [0.25, 0.3) is 0 Å². The summed E-state index contributed by atoms with van der Waals surface area (Å²) in [6.45, 7) is 8.71. The average molecular weight is 1000 g/mol. The van der Waals surface area contributed by atoms with Crippen molar-refractivity contribution in [2.45, 2.75) is 37.5 Å². The molecule has 4 bridgehead atoms. The summed E-state index contributed by atoms with van der Waals surface area (Å²) in [5, 5.41) is 6.70. The van der Waals surface area contributed by atoms with Crippen LogP contribution in [0.1, 0.15) is 24.4 Å². The molecule has 2 N–H and O–H groups in total. The van der Waals surface area contributed by atoms with E-state index in [4.69, 9.17) is 42.1 Å². The van der Waals surface area contributed by atoms with Crippen molar-refractivity contribution in [2.75, 3.05) is 44.5 Å². The van der Waals surface area contributed by atoms with Gasteiger partial charge in [0.15, 0.2) is 28.8 Å². The van der Waals surface area contributed by atoms with E-state index in [1.165, 1.54) is 51.2 Å². The first-order chi connectivity index (χ1) is 33.6. The zero-order chi connectivity index (χ0) is 49.2. The molecule has 1 unspecified atom stereocenters. The highest BCUT2D eigenvalue weighted by Crippen LogP contribution is 2.55. The molecule has 11 rings (SSSR count). The molecule has 362 valence electrons. The number of carbonyl (C=O) groups excluding carboxylic acids is 2. The molecule has 5 aliphatic rings. The molecule has 2 saturated carbocycles. The molecule has 5 fully saturated rings. The number of likely N-dealkylation sites (tertiary alicyclic amines) is 1. The second-order valence-electron chi connectivity index (χ2n) is 17.4. The Balaban J connectivity index is 0.913. The number of halogens is 6. The van der Waals surface area contributed by atoms with E-state index in [1.54, 1.807) is 46.2 Å². The summed E-state index contributed by atoms with van der Waals surface area (Å²) in [4.78, 5) is 46.8. The monoisotopic (exact) mass is 1000 g/mol. The summed E-state index contributed by atoms with van der Waals surface area (Å²) in [6, 6.07) is 13.0. The van der Waals surface area contributed by atoms with Crippen molar-refractivity contribution in [1.29, 1.82) is 0 Å². The van der Waals surface area contributed by atoms with Crippen LogP contribution in [0, 0.1) is 29.5 Å². The van der Waals surface area contributed by atoms with Crippen LogP contribution in [0.5, 0.6) is 28.7 Å². The predicted molar refractivity (Wildman–Crippen MR) is 252 cm³/mol. The minimum atomic E-state index is -4.93. The first-order valence-corrected chi connectivity index (χ1v) is 22.8. The smallest absolute Gasteiger partial charge is 0.493 e. The molecule has 0 spiro atoms. The summed E-state index contributed by atoms with van der Waals surface area (Å²) >= 11 is 13.1. The first kappa shape index (κ1) is 46.6. The van der Waals surface area contributed by atoms with Gasteiger partial charge in [-0.1, -0.05) is 42.4 Å². The fourth-order valence-corrected chi connectivity index (χ4v) is 10.7. The molecular weight excluding hydrogens is 959 g/mol. The third-order valence-corrected chi connectivity index (χ3v) is 14.2. The Morgan fingerprint density at radius 2 is 1.33 bits per heavy atom. The van der Waals surface area contributed by atoms with Crippen molar-refractivity contribution in [1.82, 2.24) is 29.7 Å². The Bertz CT molecular complexity index is 3100. The van der Waals surface area contributed by atoms with E-state index >= 15 is 4.39 Å². The predicted octanol–water partition coefficient (Wildman–Crippen LogP) is 9.99. The van der Waals surface area contributed by atoms with Gasteiger partial charge in [0.2, 0.25) is 11.8 Å². The van der Waals surface area contributed by atoms with Crippen molar-refractivity contribution in [3.63, 3.8) is 0 Å². The number of amides is 2. The van der Waals surface area contributed by atoms with Crippen molar-refractivity contribution in [3.8, 4) is 28.7 Å². The van der Waals surface area contributed by atoms with E-state index in [9.17, 15) is 22.8 Å². The van der Waals surface area contributed by atoms with Crippen LogP contribution < -0.4 is 34.3 Å². The molecule has 7 atom stereocenters. The largest absolute Gasteiger partial charge is 0.573 e. The summed E-state index contributed by atoms with van der Waals surface area (Å²) in [5.41, 5.74) is 1.67. The maximum absolute atomic E-state index is 16.7. The molecule has 15 nitrogen and oxygen atoms in total. The van der Waals surface area contributed by atoms with E-state index in [2.05, 4.69) is 48.5 Å². The minimum absolute atomic E-state index is 0.0182. The molecule has 2 aliphatic carbocycles. The van der Waals surface area contributed by atoms with Gasteiger partial charge >= 0.3 is 6.36 Å². The number of carbonyl (C=O) groups is 2. The normalized spacial score (nSPS) is 22.3. The highest BCUT2D eigenvalue weighted by atomic mass is 35.5. The summed E-state index contributed by atoms with van der Waals surface area (Å²) in [5.74, 6) is 0.133. The molecular formula is C49H42Cl2F4N8O7. The maximum atomic E-state index is 16.7. The lowest BCUT2D eigenvalue weighted by Gasteiger charge is -2.57. The number of fused-ring (bicyclic) bond motifs is 6. The molecule has 3 saturated heterocycles. The Kier molecular flexibility index (Phi) is 12.2. The first-order valence-electron chi connectivity index (χ1n) is 22.1. The van der Waals surface area contributed by atoms with E-state index < -0.39 is 30.1 Å². The molecule has 6 aromatic rings. The van der Waals surface area contributed by atoms with E-state index in [-0.39, 0.29) is 69.7 Å². The number of methoxy groups -OCH3 is 2. The van der Waals surface area contributed by atoms with Crippen LogP contribution in [0.2, 0.25) is 10.0 Å². The van der Waals surface area contributed by atoms with Crippen LogP contribution in [0.25, 0.3) is 21.8 Å². The Morgan fingerprint density at radius 1 is 0.729 bits per heavy atom. The number of ether oxygens (including phenoxy) is 5. The van der Waals surface area contributed by atoms with Crippen molar-refractivity contribution in [2.24, 2.45) is 23.7 Å². The molecule has 4 aromatic carbocycles. The number of nitrogens with zero attached hydrogens (tertiary/aromatic N) is 6. The third-order valence-electron chi connectivity index (χ3n) is 13.5. The second-order valence-corrected chi connectivity index (χ2v) is 18.2. The summed E-state index contributed by atoms with van der Waals surface area (Å²) < 4.78 is 84.1. The molecule has 3 aliphatic heterocycles. The number of benzene rings is 4. The summed E-state index contributed by atoms with van der Waals surface area (Å²) in [6.07, 6.45) is 1.20. The van der Waals surface area contributed by atoms with Crippen LogP contribution in [-0.2, 0) is 9.59 Å². The molecule has 0 radical (unpaired) electrons. The van der Waals surface area contributed by atoms with Gasteiger partial charge in [0, 0.05) is 71.9 Å². The lowest BCUT2D eigenvalue weighted by atomic mass is 9.62. The van der Waals surface area contributed by atoms with Crippen molar-refractivity contribution in [3.05, 3.63) is 114 Å². The lowest BCUT2D eigenvalue weighted by Crippen LogP contribution is -2.62. The number of rotatable bonds is 14. The highest BCUT2D eigenvalue weighted by molar-refractivity contribution is 6.32.